The molecule has 1 heterocycles. The Morgan fingerprint density at radius 3 is 2.39 bits per heavy atom. The normalized spacial score (nSPS) is 11.2. The number of hydrogen-bond donors (Lipinski definition) is 1. The van der Waals surface area contributed by atoms with Crippen molar-refractivity contribution in [2.75, 3.05) is 21.3 Å². The van der Waals surface area contributed by atoms with Crippen LogP contribution in [0.2, 0.25) is 5.02 Å². The number of nitriles is 1. The van der Waals surface area contributed by atoms with Crippen LogP contribution in [-0.2, 0) is 0 Å². The minimum Gasteiger partial charge on any atom is -0.493 e. The van der Waals surface area contributed by atoms with Gasteiger partial charge < -0.3 is 19.2 Å². The van der Waals surface area contributed by atoms with Crippen molar-refractivity contribution >= 4 is 34.2 Å². The van der Waals surface area contributed by atoms with Gasteiger partial charge in [0, 0.05) is 5.02 Å². The van der Waals surface area contributed by atoms with Gasteiger partial charge >= 0.3 is 0 Å². The van der Waals surface area contributed by atoms with E-state index in [2.05, 4.69) is 16.0 Å². The monoisotopic (exact) mass is 397 g/mol. The minimum atomic E-state index is -0.381. The number of methoxy groups -OCH3 is 3. The first-order valence-electron chi connectivity index (χ1n) is 8.12. The summed E-state index contributed by atoms with van der Waals surface area (Å²) in [7, 11) is 4.51. The van der Waals surface area contributed by atoms with E-state index in [9.17, 15) is 10.1 Å². The molecule has 0 radical (unpaired) electrons. The summed E-state index contributed by atoms with van der Waals surface area (Å²) in [4.78, 5) is 19.4. The van der Waals surface area contributed by atoms with Crippen molar-refractivity contribution in [1.29, 1.82) is 5.26 Å². The molecule has 3 rings (SSSR count). The van der Waals surface area contributed by atoms with Gasteiger partial charge in [0.25, 0.3) is 5.56 Å². The predicted octanol–water partition coefficient (Wildman–Crippen LogP) is 3.67. The van der Waals surface area contributed by atoms with E-state index in [-0.39, 0.29) is 17.0 Å². The zero-order valence-electron chi connectivity index (χ0n) is 15.4. The molecule has 1 N–H and O–H groups in total. The highest BCUT2D eigenvalue weighted by Crippen LogP contribution is 2.39. The van der Waals surface area contributed by atoms with E-state index in [0.29, 0.717) is 38.7 Å². The molecule has 0 aliphatic carbocycles. The molecule has 1 aromatic heterocycles. The van der Waals surface area contributed by atoms with Crippen LogP contribution in [0.25, 0.3) is 22.6 Å². The van der Waals surface area contributed by atoms with Crippen molar-refractivity contribution < 1.29 is 14.2 Å². The van der Waals surface area contributed by atoms with Crippen molar-refractivity contribution in [2.24, 2.45) is 0 Å². The SMILES string of the molecule is COc1cc(/C=C(\C#N)c2nc3ccc(Cl)cc3c(=O)[nH]2)cc(OC)c1OC. The van der Waals surface area contributed by atoms with Gasteiger partial charge in [0.1, 0.15) is 6.07 Å². The Bertz CT molecular complexity index is 1150. The Labute approximate surface area is 165 Å². The summed E-state index contributed by atoms with van der Waals surface area (Å²) >= 11 is 5.93. The summed E-state index contributed by atoms with van der Waals surface area (Å²) in [6.07, 6.45) is 1.57. The summed E-state index contributed by atoms with van der Waals surface area (Å²) in [5.74, 6) is 1.48. The number of aromatic nitrogens is 2. The van der Waals surface area contributed by atoms with Gasteiger partial charge in [-0.05, 0) is 42.0 Å². The number of nitrogens with one attached hydrogen (secondary N) is 1. The third kappa shape index (κ3) is 3.63. The highest BCUT2D eigenvalue weighted by molar-refractivity contribution is 6.31. The number of rotatable bonds is 5. The van der Waals surface area contributed by atoms with Gasteiger partial charge in [-0.2, -0.15) is 5.26 Å². The second-order valence-corrected chi connectivity index (χ2v) is 6.14. The molecule has 7 nitrogen and oxygen atoms in total. The molecule has 0 fully saturated rings. The van der Waals surface area contributed by atoms with Crippen molar-refractivity contribution in [3.63, 3.8) is 0 Å². The highest BCUT2D eigenvalue weighted by Gasteiger charge is 2.14. The van der Waals surface area contributed by atoms with E-state index in [1.807, 2.05) is 0 Å². The van der Waals surface area contributed by atoms with E-state index < -0.39 is 0 Å². The summed E-state index contributed by atoms with van der Waals surface area (Å²) in [5.41, 5.74) is 0.843. The van der Waals surface area contributed by atoms with Crippen LogP contribution in [-0.4, -0.2) is 31.3 Å². The number of ether oxygens (including phenoxy) is 3. The fraction of sp³-hybridized carbons (Fsp3) is 0.150. The Kier molecular flexibility index (Phi) is 5.52. The molecule has 0 bridgehead atoms. The van der Waals surface area contributed by atoms with Gasteiger partial charge in [0.2, 0.25) is 5.75 Å². The molecule has 0 unspecified atom stereocenters. The minimum absolute atomic E-state index is 0.149. The first-order valence-corrected chi connectivity index (χ1v) is 8.50. The average Bonchev–Trinajstić information content (AvgIpc) is 2.71. The molecule has 0 aliphatic heterocycles. The van der Waals surface area contributed by atoms with E-state index in [1.165, 1.54) is 27.4 Å². The van der Waals surface area contributed by atoms with Gasteiger partial charge in [-0.15, -0.1) is 0 Å². The zero-order valence-corrected chi connectivity index (χ0v) is 16.1. The largest absolute Gasteiger partial charge is 0.493 e. The quantitative estimate of drug-likeness (QED) is 0.660. The van der Waals surface area contributed by atoms with Crippen LogP contribution in [0.1, 0.15) is 11.4 Å². The molecule has 28 heavy (non-hydrogen) atoms. The molecular formula is C20H16ClN3O4. The summed E-state index contributed by atoms with van der Waals surface area (Å²) in [6.45, 7) is 0. The Morgan fingerprint density at radius 2 is 1.82 bits per heavy atom. The first-order chi connectivity index (χ1) is 13.5. The first kappa shape index (κ1) is 19.3. The van der Waals surface area contributed by atoms with Crippen molar-refractivity contribution in [3.8, 4) is 23.3 Å². The second kappa shape index (κ2) is 8.03. The van der Waals surface area contributed by atoms with Gasteiger partial charge in [-0.3, -0.25) is 4.79 Å². The molecule has 0 atom stereocenters. The van der Waals surface area contributed by atoms with Crippen molar-refractivity contribution in [2.45, 2.75) is 0 Å². The van der Waals surface area contributed by atoms with E-state index in [0.717, 1.165) is 0 Å². The number of benzene rings is 2. The number of allylic oxidation sites excluding steroid dienone is 1. The van der Waals surface area contributed by atoms with Crippen LogP contribution >= 0.6 is 11.6 Å². The molecule has 2 aromatic carbocycles. The van der Waals surface area contributed by atoms with Gasteiger partial charge in [0.05, 0.1) is 37.8 Å². The number of aromatic amines is 1. The molecule has 8 heteroatoms. The number of fused-ring (bicyclic) bond motifs is 1. The molecular weight excluding hydrogens is 382 g/mol. The average molecular weight is 398 g/mol. The highest BCUT2D eigenvalue weighted by atomic mass is 35.5. The van der Waals surface area contributed by atoms with Gasteiger partial charge in [0.15, 0.2) is 17.3 Å². The topological polar surface area (TPSA) is 97.2 Å². The Morgan fingerprint density at radius 1 is 1.14 bits per heavy atom. The molecule has 0 saturated heterocycles. The molecule has 0 spiro atoms. The van der Waals surface area contributed by atoms with E-state index >= 15 is 0 Å². The molecule has 3 aromatic rings. The van der Waals surface area contributed by atoms with E-state index in [1.54, 1.807) is 30.3 Å². The van der Waals surface area contributed by atoms with Crippen LogP contribution in [0.15, 0.2) is 35.1 Å². The maximum absolute atomic E-state index is 12.4. The van der Waals surface area contributed by atoms with Crippen LogP contribution in [0.5, 0.6) is 17.2 Å². The summed E-state index contributed by atoms with van der Waals surface area (Å²) in [5, 5.41) is 10.4. The lowest BCUT2D eigenvalue weighted by Gasteiger charge is -2.13. The number of H-pyrrole nitrogens is 1. The third-order valence-electron chi connectivity index (χ3n) is 4.04. The predicted molar refractivity (Wildman–Crippen MR) is 107 cm³/mol. The lowest BCUT2D eigenvalue weighted by Crippen LogP contribution is -2.11. The van der Waals surface area contributed by atoms with E-state index in [4.69, 9.17) is 25.8 Å². The van der Waals surface area contributed by atoms with Crippen LogP contribution in [0.3, 0.4) is 0 Å². The van der Waals surface area contributed by atoms with Crippen molar-refractivity contribution in [1.82, 2.24) is 9.97 Å². The van der Waals surface area contributed by atoms with Crippen LogP contribution in [0, 0.1) is 11.3 Å². The van der Waals surface area contributed by atoms with Crippen LogP contribution in [0.4, 0.5) is 0 Å². The zero-order chi connectivity index (χ0) is 20.3. The Balaban J connectivity index is 2.15. The lowest BCUT2D eigenvalue weighted by atomic mass is 10.1. The molecule has 142 valence electrons. The Hall–Kier alpha value is -3.50. The molecule has 0 aliphatic rings. The van der Waals surface area contributed by atoms with Gasteiger partial charge in [-0.25, -0.2) is 4.98 Å². The number of nitrogens with zero attached hydrogens (tertiary/aromatic N) is 2. The number of halogens is 1. The van der Waals surface area contributed by atoms with Crippen LogP contribution < -0.4 is 19.8 Å². The fourth-order valence-corrected chi connectivity index (χ4v) is 2.92. The lowest BCUT2D eigenvalue weighted by molar-refractivity contribution is 0.324. The molecule has 0 saturated carbocycles. The fourth-order valence-electron chi connectivity index (χ4n) is 2.74. The maximum Gasteiger partial charge on any atom is 0.259 e. The maximum atomic E-state index is 12.4. The van der Waals surface area contributed by atoms with Crippen molar-refractivity contribution in [3.05, 3.63) is 57.1 Å². The third-order valence-corrected chi connectivity index (χ3v) is 4.28. The molecule has 0 amide bonds. The smallest absolute Gasteiger partial charge is 0.259 e. The summed E-state index contributed by atoms with van der Waals surface area (Å²) < 4.78 is 15.9. The standard InChI is InChI=1S/C20H16ClN3O4/c1-26-16-7-11(8-17(27-2)18(16)28-3)6-12(10-22)19-23-15-5-4-13(21)9-14(15)20(25)24-19/h4-9H,1-3H3,(H,23,24,25)/b12-6+. The summed E-state index contributed by atoms with van der Waals surface area (Å²) in [6, 6.07) is 10.2. The number of hydrogen-bond acceptors (Lipinski definition) is 6. The second-order valence-electron chi connectivity index (χ2n) is 5.70. The van der Waals surface area contributed by atoms with Gasteiger partial charge in [-0.1, -0.05) is 11.6 Å².